The molecule has 2 heterocycles. The summed E-state index contributed by atoms with van der Waals surface area (Å²) in [6.07, 6.45) is 0. The van der Waals surface area contributed by atoms with Gasteiger partial charge in [0.2, 0.25) is 5.91 Å². The van der Waals surface area contributed by atoms with Crippen molar-refractivity contribution >= 4 is 23.2 Å². The van der Waals surface area contributed by atoms with Crippen LogP contribution in [0.2, 0.25) is 0 Å². The van der Waals surface area contributed by atoms with E-state index >= 15 is 0 Å². The Hall–Kier alpha value is -1.40. The van der Waals surface area contributed by atoms with E-state index in [0.717, 1.165) is 0 Å². The minimum absolute atomic E-state index is 0.0526. The van der Waals surface area contributed by atoms with E-state index in [2.05, 4.69) is 5.32 Å². The summed E-state index contributed by atoms with van der Waals surface area (Å²) in [5.74, 6) is -0.248. The van der Waals surface area contributed by atoms with E-state index in [0.29, 0.717) is 31.2 Å². The summed E-state index contributed by atoms with van der Waals surface area (Å²) in [5, 5.41) is 4.56. The molecule has 2 rings (SSSR count). The molecule has 1 aliphatic heterocycles. The third-order valence-electron chi connectivity index (χ3n) is 2.79. The second-order valence-corrected chi connectivity index (χ2v) is 5.06. The zero-order chi connectivity index (χ0) is 13.0. The quantitative estimate of drug-likeness (QED) is 0.879. The lowest BCUT2D eigenvalue weighted by molar-refractivity contribution is -0.136. The van der Waals surface area contributed by atoms with Crippen LogP contribution < -0.4 is 5.32 Å². The van der Waals surface area contributed by atoms with Crippen LogP contribution in [0, 0.1) is 0 Å². The largest absolute Gasteiger partial charge is 0.378 e. The van der Waals surface area contributed by atoms with Gasteiger partial charge in [0.05, 0.1) is 18.1 Å². The molecule has 6 heteroatoms. The highest BCUT2D eigenvalue weighted by atomic mass is 32.1. The van der Waals surface area contributed by atoms with Crippen LogP contribution in [-0.4, -0.2) is 49.1 Å². The lowest BCUT2D eigenvalue weighted by atomic mass is 10.2. The third-order valence-corrected chi connectivity index (χ3v) is 3.65. The molecule has 5 nitrogen and oxygen atoms in total. The number of nitrogens with zero attached hydrogens (tertiary/aromatic N) is 1. The van der Waals surface area contributed by atoms with Gasteiger partial charge >= 0.3 is 0 Å². The Bertz CT molecular complexity index is 413. The molecule has 2 amide bonds. The van der Waals surface area contributed by atoms with Gasteiger partial charge in [-0.1, -0.05) is 6.07 Å². The van der Waals surface area contributed by atoms with Gasteiger partial charge in [0.25, 0.3) is 5.91 Å². The van der Waals surface area contributed by atoms with Gasteiger partial charge in [-0.2, -0.15) is 0 Å². The van der Waals surface area contributed by atoms with Gasteiger partial charge in [0.1, 0.15) is 6.04 Å². The fraction of sp³-hybridized carbons (Fsp3) is 0.500. The van der Waals surface area contributed by atoms with Crippen LogP contribution >= 0.6 is 11.3 Å². The smallest absolute Gasteiger partial charge is 0.261 e. The van der Waals surface area contributed by atoms with E-state index in [9.17, 15) is 9.59 Å². The molecular weight excluding hydrogens is 252 g/mol. The Labute approximate surface area is 110 Å². The maximum Gasteiger partial charge on any atom is 0.261 e. The van der Waals surface area contributed by atoms with Crippen LogP contribution in [0.5, 0.6) is 0 Å². The Balaban J connectivity index is 1.88. The minimum atomic E-state index is -0.502. The normalized spacial score (nSPS) is 17.3. The standard InChI is InChI=1S/C12H16N2O3S/c1-9(12(16)14-4-6-17-7-5-14)13-11(15)10-3-2-8-18-10/h2-3,8-9H,4-7H2,1H3,(H,13,15). The van der Waals surface area contributed by atoms with Gasteiger partial charge in [0, 0.05) is 13.1 Å². The first kappa shape index (κ1) is 13.0. The van der Waals surface area contributed by atoms with Crippen molar-refractivity contribution in [2.45, 2.75) is 13.0 Å². The second kappa shape index (κ2) is 5.97. The summed E-state index contributed by atoms with van der Waals surface area (Å²) in [6, 6.07) is 3.05. The average molecular weight is 268 g/mol. The van der Waals surface area contributed by atoms with Crippen LogP contribution in [0.1, 0.15) is 16.6 Å². The Morgan fingerprint density at radius 3 is 2.78 bits per heavy atom. The fourth-order valence-corrected chi connectivity index (χ4v) is 2.42. The van der Waals surface area contributed by atoms with Crippen LogP contribution in [-0.2, 0) is 9.53 Å². The molecule has 1 aliphatic rings. The number of amides is 2. The number of carbonyl (C=O) groups excluding carboxylic acids is 2. The number of morpholine rings is 1. The number of hydrogen-bond donors (Lipinski definition) is 1. The van der Waals surface area contributed by atoms with E-state index in [1.807, 2.05) is 11.4 Å². The Morgan fingerprint density at radius 1 is 1.44 bits per heavy atom. The molecule has 1 aromatic heterocycles. The van der Waals surface area contributed by atoms with Gasteiger partial charge in [-0.25, -0.2) is 0 Å². The van der Waals surface area contributed by atoms with Crippen molar-refractivity contribution in [3.8, 4) is 0 Å². The lowest BCUT2D eigenvalue weighted by Gasteiger charge is -2.29. The monoisotopic (exact) mass is 268 g/mol. The zero-order valence-electron chi connectivity index (χ0n) is 10.2. The first-order valence-corrected chi connectivity index (χ1v) is 6.77. The molecule has 0 aromatic carbocycles. The van der Waals surface area contributed by atoms with Crippen LogP contribution in [0.15, 0.2) is 17.5 Å². The maximum absolute atomic E-state index is 12.1. The Kier molecular flexibility index (Phi) is 4.33. The highest BCUT2D eigenvalue weighted by Crippen LogP contribution is 2.09. The molecule has 1 N–H and O–H groups in total. The van der Waals surface area contributed by atoms with Crippen molar-refractivity contribution in [2.75, 3.05) is 26.3 Å². The summed E-state index contributed by atoms with van der Waals surface area (Å²) in [4.78, 5) is 26.2. The van der Waals surface area contributed by atoms with E-state index in [4.69, 9.17) is 4.74 Å². The summed E-state index contributed by atoms with van der Waals surface area (Å²) in [5.41, 5.74) is 0. The average Bonchev–Trinajstić information content (AvgIpc) is 2.92. The molecule has 0 radical (unpaired) electrons. The topological polar surface area (TPSA) is 58.6 Å². The number of carbonyl (C=O) groups is 2. The van der Waals surface area contributed by atoms with Crippen LogP contribution in [0.25, 0.3) is 0 Å². The van der Waals surface area contributed by atoms with Crippen molar-refractivity contribution in [1.82, 2.24) is 10.2 Å². The molecule has 0 aliphatic carbocycles. The molecule has 0 spiro atoms. The number of nitrogens with one attached hydrogen (secondary N) is 1. The minimum Gasteiger partial charge on any atom is -0.378 e. The first-order valence-electron chi connectivity index (χ1n) is 5.89. The molecule has 1 unspecified atom stereocenters. The SMILES string of the molecule is CC(NC(=O)c1cccs1)C(=O)N1CCOCC1. The fourth-order valence-electron chi connectivity index (χ4n) is 1.79. The highest BCUT2D eigenvalue weighted by Gasteiger charge is 2.24. The second-order valence-electron chi connectivity index (χ2n) is 4.11. The van der Waals surface area contributed by atoms with Gasteiger partial charge < -0.3 is 15.0 Å². The Morgan fingerprint density at radius 2 is 2.17 bits per heavy atom. The van der Waals surface area contributed by atoms with Gasteiger partial charge in [0.15, 0.2) is 0 Å². The van der Waals surface area contributed by atoms with Crippen molar-refractivity contribution < 1.29 is 14.3 Å². The van der Waals surface area contributed by atoms with Crippen LogP contribution in [0.3, 0.4) is 0 Å². The van der Waals surface area contributed by atoms with Crippen LogP contribution in [0.4, 0.5) is 0 Å². The van der Waals surface area contributed by atoms with Crippen molar-refractivity contribution in [2.24, 2.45) is 0 Å². The van der Waals surface area contributed by atoms with E-state index in [1.54, 1.807) is 17.9 Å². The zero-order valence-corrected chi connectivity index (χ0v) is 11.0. The maximum atomic E-state index is 12.1. The molecule has 18 heavy (non-hydrogen) atoms. The van der Waals surface area contributed by atoms with E-state index in [1.165, 1.54) is 11.3 Å². The molecule has 98 valence electrons. The third kappa shape index (κ3) is 3.08. The summed E-state index contributed by atoms with van der Waals surface area (Å²) in [6.45, 7) is 4.04. The lowest BCUT2D eigenvalue weighted by Crippen LogP contribution is -2.50. The summed E-state index contributed by atoms with van der Waals surface area (Å²) in [7, 11) is 0. The molecule has 0 saturated carbocycles. The molecule has 0 bridgehead atoms. The predicted octanol–water partition coefficient (Wildman–Crippen LogP) is 0.725. The molecule has 1 atom stereocenters. The molecule has 1 saturated heterocycles. The number of rotatable bonds is 3. The van der Waals surface area contributed by atoms with Crippen molar-refractivity contribution in [3.63, 3.8) is 0 Å². The summed E-state index contributed by atoms with van der Waals surface area (Å²) < 4.78 is 5.19. The van der Waals surface area contributed by atoms with Crippen molar-refractivity contribution in [3.05, 3.63) is 22.4 Å². The van der Waals surface area contributed by atoms with Gasteiger partial charge in [-0.3, -0.25) is 9.59 Å². The number of ether oxygens (including phenoxy) is 1. The van der Waals surface area contributed by atoms with E-state index < -0.39 is 6.04 Å². The number of thiophene rings is 1. The molecular formula is C12H16N2O3S. The predicted molar refractivity (Wildman–Crippen MR) is 68.6 cm³/mol. The highest BCUT2D eigenvalue weighted by molar-refractivity contribution is 7.12. The van der Waals surface area contributed by atoms with Gasteiger partial charge in [-0.05, 0) is 18.4 Å². The summed E-state index contributed by atoms with van der Waals surface area (Å²) >= 11 is 1.36. The number of hydrogen-bond acceptors (Lipinski definition) is 4. The van der Waals surface area contributed by atoms with Gasteiger partial charge in [-0.15, -0.1) is 11.3 Å². The molecule has 1 fully saturated rings. The van der Waals surface area contributed by atoms with Crippen molar-refractivity contribution in [1.29, 1.82) is 0 Å². The molecule has 1 aromatic rings. The first-order chi connectivity index (χ1) is 8.68. The van der Waals surface area contributed by atoms with E-state index in [-0.39, 0.29) is 11.8 Å².